The highest BCUT2D eigenvalue weighted by molar-refractivity contribution is 7.15. The summed E-state index contributed by atoms with van der Waals surface area (Å²) >= 11 is 1.58. The predicted octanol–water partition coefficient (Wildman–Crippen LogP) is 3.14. The fourth-order valence-corrected chi connectivity index (χ4v) is 3.11. The first kappa shape index (κ1) is 11.6. The van der Waals surface area contributed by atoms with Crippen LogP contribution in [0.2, 0.25) is 0 Å². The molecule has 3 nitrogen and oxygen atoms in total. The molecule has 0 aromatic carbocycles. The fourth-order valence-electron chi connectivity index (χ4n) is 2.20. The molecule has 1 saturated carbocycles. The second-order valence-electron chi connectivity index (χ2n) is 4.35. The van der Waals surface area contributed by atoms with E-state index in [-0.39, 0.29) is 11.8 Å². The molecule has 1 heterocycles. The van der Waals surface area contributed by atoms with Crippen molar-refractivity contribution in [1.29, 1.82) is 0 Å². The molecule has 1 aliphatic rings. The summed E-state index contributed by atoms with van der Waals surface area (Å²) in [5.41, 5.74) is 1.10. The van der Waals surface area contributed by atoms with Gasteiger partial charge >= 0.3 is 0 Å². The third-order valence-electron chi connectivity index (χ3n) is 3.18. The van der Waals surface area contributed by atoms with Crippen LogP contribution >= 0.6 is 11.3 Å². The summed E-state index contributed by atoms with van der Waals surface area (Å²) in [5.74, 6) is 0.378. The van der Waals surface area contributed by atoms with Crippen LogP contribution in [0.1, 0.15) is 43.2 Å². The second kappa shape index (κ2) is 4.95. The van der Waals surface area contributed by atoms with Gasteiger partial charge < -0.3 is 5.32 Å². The van der Waals surface area contributed by atoms with Crippen molar-refractivity contribution >= 4 is 22.4 Å². The Morgan fingerprint density at radius 2 is 2.19 bits per heavy atom. The molecule has 1 aromatic rings. The first-order chi connectivity index (χ1) is 7.70. The molecule has 0 atom stereocenters. The zero-order chi connectivity index (χ0) is 11.5. The molecule has 0 radical (unpaired) electrons. The fraction of sp³-hybridized carbons (Fsp3) is 0.667. The predicted molar refractivity (Wildman–Crippen MR) is 66.8 cm³/mol. The van der Waals surface area contributed by atoms with Gasteiger partial charge in [0, 0.05) is 10.8 Å². The molecule has 0 saturated heterocycles. The highest BCUT2D eigenvalue weighted by Crippen LogP contribution is 2.28. The Labute approximate surface area is 100 Å². The van der Waals surface area contributed by atoms with Gasteiger partial charge in [-0.1, -0.05) is 19.8 Å². The number of hydrogen-bond donors (Lipinski definition) is 1. The lowest BCUT2D eigenvalue weighted by Gasteiger charge is -2.07. The van der Waals surface area contributed by atoms with E-state index in [1.54, 1.807) is 11.3 Å². The molecule has 0 aliphatic heterocycles. The summed E-state index contributed by atoms with van der Waals surface area (Å²) in [7, 11) is 0. The van der Waals surface area contributed by atoms with Crippen molar-refractivity contribution in [2.75, 3.05) is 5.32 Å². The number of thiazole rings is 1. The van der Waals surface area contributed by atoms with Crippen LogP contribution in [0.5, 0.6) is 0 Å². The maximum atomic E-state index is 11.9. The van der Waals surface area contributed by atoms with Gasteiger partial charge in [-0.15, -0.1) is 11.3 Å². The van der Waals surface area contributed by atoms with Crippen molar-refractivity contribution in [3.63, 3.8) is 0 Å². The number of anilines is 1. The second-order valence-corrected chi connectivity index (χ2v) is 5.55. The van der Waals surface area contributed by atoms with Crippen LogP contribution in [0.15, 0.2) is 0 Å². The first-order valence-corrected chi connectivity index (χ1v) is 6.79. The molecule has 1 amide bonds. The average Bonchev–Trinajstić information content (AvgIpc) is 2.87. The smallest absolute Gasteiger partial charge is 0.229 e. The van der Waals surface area contributed by atoms with Crippen LogP contribution in [0.3, 0.4) is 0 Å². The van der Waals surface area contributed by atoms with Crippen LogP contribution < -0.4 is 5.32 Å². The van der Waals surface area contributed by atoms with E-state index in [9.17, 15) is 4.79 Å². The maximum absolute atomic E-state index is 11.9. The Kier molecular flexibility index (Phi) is 3.59. The first-order valence-electron chi connectivity index (χ1n) is 5.98. The molecular formula is C12H18N2OS. The van der Waals surface area contributed by atoms with Crippen molar-refractivity contribution < 1.29 is 4.79 Å². The van der Waals surface area contributed by atoms with E-state index in [1.807, 2.05) is 0 Å². The quantitative estimate of drug-likeness (QED) is 0.879. The highest BCUT2D eigenvalue weighted by Gasteiger charge is 2.23. The summed E-state index contributed by atoms with van der Waals surface area (Å²) in [6.07, 6.45) is 5.39. The molecule has 1 fully saturated rings. The van der Waals surface area contributed by atoms with Gasteiger partial charge in [-0.05, 0) is 26.2 Å². The molecule has 0 spiro atoms. The maximum Gasteiger partial charge on any atom is 0.229 e. The molecule has 16 heavy (non-hydrogen) atoms. The standard InChI is InChI=1S/C12H18N2OS/c1-3-10-8(2)16-12(13-10)14-11(15)9-6-4-5-7-9/h9H,3-7H2,1-2H3,(H,13,14,15). The van der Waals surface area contributed by atoms with Gasteiger partial charge in [-0.3, -0.25) is 4.79 Å². The van der Waals surface area contributed by atoms with Crippen LogP contribution in [-0.4, -0.2) is 10.9 Å². The molecule has 88 valence electrons. The topological polar surface area (TPSA) is 42.0 Å². The van der Waals surface area contributed by atoms with E-state index in [0.717, 1.165) is 30.1 Å². The van der Waals surface area contributed by atoms with Gasteiger partial charge in [0.25, 0.3) is 0 Å². The Balaban J connectivity index is 1.99. The highest BCUT2D eigenvalue weighted by atomic mass is 32.1. The molecule has 1 N–H and O–H groups in total. The van der Waals surface area contributed by atoms with Gasteiger partial charge in [0.05, 0.1) is 5.69 Å². The van der Waals surface area contributed by atoms with Crippen molar-refractivity contribution in [3.8, 4) is 0 Å². The van der Waals surface area contributed by atoms with Crippen LogP contribution in [0.4, 0.5) is 5.13 Å². The molecule has 1 aliphatic carbocycles. The summed E-state index contributed by atoms with van der Waals surface area (Å²) in [6.45, 7) is 4.15. The Morgan fingerprint density at radius 1 is 1.50 bits per heavy atom. The third kappa shape index (κ3) is 2.43. The lowest BCUT2D eigenvalue weighted by atomic mass is 10.1. The number of carbonyl (C=O) groups excluding carboxylic acids is 1. The lowest BCUT2D eigenvalue weighted by molar-refractivity contribution is -0.119. The summed E-state index contributed by atoms with van der Waals surface area (Å²) < 4.78 is 0. The molecule has 4 heteroatoms. The number of carbonyl (C=O) groups is 1. The molecule has 1 aromatic heterocycles. The monoisotopic (exact) mass is 238 g/mol. The van der Waals surface area contributed by atoms with E-state index < -0.39 is 0 Å². The van der Waals surface area contributed by atoms with E-state index in [2.05, 4.69) is 24.1 Å². The average molecular weight is 238 g/mol. The van der Waals surface area contributed by atoms with Crippen LogP contribution in [-0.2, 0) is 11.2 Å². The summed E-state index contributed by atoms with van der Waals surface area (Å²) in [5, 5.41) is 3.72. The minimum Gasteiger partial charge on any atom is -0.302 e. The van der Waals surface area contributed by atoms with E-state index in [4.69, 9.17) is 0 Å². The molecule has 2 rings (SSSR count). The number of nitrogens with one attached hydrogen (secondary N) is 1. The molecule has 0 bridgehead atoms. The number of rotatable bonds is 3. The Morgan fingerprint density at radius 3 is 2.75 bits per heavy atom. The zero-order valence-corrected chi connectivity index (χ0v) is 10.7. The van der Waals surface area contributed by atoms with Gasteiger partial charge in [-0.2, -0.15) is 0 Å². The summed E-state index contributed by atoms with van der Waals surface area (Å²) in [4.78, 5) is 17.5. The zero-order valence-electron chi connectivity index (χ0n) is 9.88. The van der Waals surface area contributed by atoms with Crippen LogP contribution in [0, 0.1) is 12.8 Å². The summed E-state index contributed by atoms with van der Waals surface area (Å²) in [6, 6.07) is 0. The Bertz CT molecular complexity index is 380. The Hall–Kier alpha value is -0.900. The van der Waals surface area contributed by atoms with Gasteiger partial charge in [0.2, 0.25) is 5.91 Å². The third-order valence-corrected chi connectivity index (χ3v) is 4.11. The van der Waals surface area contributed by atoms with E-state index in [0.29, 0.717) is 0 Å². The van der Waals surface area contributed by atoms with Gasteiger partial charge in [-0.25, -0.2) is 4.98 Å². The van der Waals surface area contributed by atoms with E-state index in [1.165, 1.54) is 17.7 Å². The van der Waals surface area contributed by atoms with Gasteiger partial charge in [0.1, 0.15) is 0 Å². The van der Waals surface area contributed by atoms with Crippen molar-refractivity contribution in [3.05, 3.63) is 10.6 Å². The van der Waals surface area contributed by atoms with E-state index >= 15 is 0 Å². The lowest BCUT2D eigenvalue weighted by Crippen LogP contribution is -2.20. The van der Waals surface area contributed by atoms with Crippen molar-refractivity contribution in [2.45, 2.75) is 46.0 Å². The van der Waals surface area contributed by atoms with Crippen molar-refractivity contribution in [1.82, 2.24) is 4.98 Å². The number of aromatic nitrogens is 1. The normalized spacial score (nSPS) is 16.6. The number of amides is 1. The number of nitrogens with zero attached hydrogens (tertiary/aromatic N) is 1. The number of aryl methyl sites for hydroxylation is 2. The number of hydrogen-bond acceptors (Lipinski definition) is 3. The SMILES string of the molecule is CCc1nc(NC(=O)C2CCCC2)sc1C. The van der Waals surface area contributed by atoms with Crippen molar-refractivity contribution in [2.24, 2.45) is 5.92 Å². The molecule has 0 unspecified atom stereocenters. The largest absolute Gasteiger partial charge is 0.302 e. The minimum absolute atomic E-state index is 0.161. The van der Waals surface area contributed by atoms with Gasteiger partial charge in [0.15, 0.2) is 5.13 Å². The van der Waals surface area contributed by atoms with Crippen LogP contribution in [0.25, 0.3) is 0 Å². The minimum atomic E-state index is 0.161. The molecular weight excluding hydrogens is 220 g/mol.